The van der Waals surface area contributed by atoms with Gasteiger partial charge in [0.15, 0.2) is 11.4 Å². The predicted octanol–water partition coefficient (Wildman–Crippen LogP) is 13.5. The fraction of sp³-hybridized carbons (Fsp3) is 0. The first kappa shape index (κ1) is 30.0. The van der Waals surface area contributed by atoms with Crippen LogP contribution in [0.4, 0.5) is 0 Å². The molecule has 0 fully saturated rings. The number of fused-ring (bicyclic) bond motifs is 10. The Labute approximate surface area is 314 Å². The van der Waals surface area contributed by atoms with E-state index in [0.29, 0.717) is 17.1 Å². The largest absolute Gasteiger partial charge is 0.455 e. The lowest BCUT2D eigenvalue weighted by molar-refractivity contribution is 0.663. The topological polar surface area (TPSA) is 57.0 Å². The summed E-state index contributed by atoms with van der Waals surface area (Å²) in [5, 5.41) is 7.79. The van der Waals surface area contributed by atoms with Gasteiger partial charge in [-0.25, -0.2) is 9.97 Å². The molecule has 0 saturated heterocycles. The zero-order valence-corrected chi connectivity index (χ0v) is 29.4. The van der Waals surface area contributed by atoms with Crippen LogP contribution in [0.15, 0.2) is 185 Å². The van der Waals surface area contributed by atoms with Crippen LogP contribution < -0.4 is 0 Å². The molecule has 0 radical (unpaired) electrons. The van der Waals surface area contributed by atoms with Crippen LogP contribution in [-0.2, 0) is 0 Å². The van der Waals surface area contributed by atoms with E-state index in [1.165, 1.54) is 21.5 Å². The van der Waals surface area contributed by atoms with E-state index in [9.17, 15) is 0 Å². The summed E-state index contributed by atoms with van der Waals surface area (Å²) in [5.41, 5.74) is 11.6. The van der Waals surface area contributed by atoms with Gasteiger partial charge < -0.3 is 13.4 Å². The molecular weight excluding hydrogens is 675 g/mol. The highest BCUT2D eigenvalue weighted by Gasteiger charge is 2.24. The van der Waals surface area contributed by atoms with Crippen molar-refractivity contribution in [2.45, 2.75) is 0 Å². The Morgan fingerprint density at radius 1 is 0.400 bits per heavy atom. The monoisotopic (exact) mass is 703 g/mol. The van der Waals surface area contributed by atoms with Gasteiger partial charge >= 0.3 is 0 Å². The minimum absolute atomic E-state index is 0.618. The first-order valence-corrected chi connectivity index (χ1v) is 18.5. The standard InChI is InChI=1S/C50H29N3O2/c1-3-13-30(14-4-1)34-23-24-45-40(26-34)46-49(55-45)47(52-50(51-46)31-15-5-2-6-16-31)41-29-35(28-39-37-20-10-12-22-44(37)54-48(39)41)53-42-21-11-9-19-36(42)38-25-32-17-7-8-18-33(32)27-43(38)53/h1-29H. The third kappa shape index (κ3) is 4.53. The highest BCUT2D eigenvalue weighted by Crippen LogP contribution is 2.44. The first-order valence-electron chi connectivity index (χ1n) is 18.5. The first-order chi connectivity index (χ1) is 27.2. The predicted molar refractivity (Wildman–Crippen MR) is 225 cm³/mol. The zero-order chi connectivity index (χ0) is 36.0. The van der Waals surface area contributed by atoms with Gasteiger partial charge in [-0.3, -0.25) is 0 Å². The Kier molecular flexibility index (Phi) is 6.27. The molecule has 0 saturated carbocycles. The second kappa shape index (κ2) is 11.5. The minimum Gasteiger partial charge on any atom is -0.455 e. The zero-order valence-electron chi connectivity index (χ0n) is 29.4. The minimum atomic E-state index is 0.618. The van der Waals surface area contributed by atoms with Crippen molar-refractivity contribution in [2.75, 3.05) is 0 Å². The molecule has 0 aliphatic carbocycles. The van der Waals surface area contributed by atoms with Gasteiger partial charge in [0, 0.05) is 43.7 Å². The van der Waals surface area contributed by atoms with Gasteiger partial charge in [0.1, 0.15) is 28.0 Å². The van der Waals surface area contributed by atoms with Crippen LogP contribution in [0, 0.1) is 0 Å². The van der Waals surface area contributed by atoms with Crippen LogP contribution in [-0.4, -0.2) is 14.5 Å². The summed E-state index contributed by atoms with van der Waals surface area (Å²) < 4.78 is 15.9. The summed E-state index contributed by atoms with van der Waals surface area (Å²) >= 11 is 0. The normalized spacial score (nSPS) is 12.0. The molecule has 0 amide bonds. The lowest BCUT2D eigenvalue weighted by atomic mass is 10.0. The second-order valence-corrected chi connectivity index (χ2v) is 14.2. The van der Waals surface area contributed by atoms with Crippen molar-refractivity contribution in [3.63, 3.8) is 0 Å². The third-order valence-corrected chi connectivity index (χ3v) is 11.0. The van der Waals surface area contributed by atoms with Gasteiger partial charge in [-0.1, -0.05) is 127 Å². The molecule has 0 spiro atoms. The van der Waals surface area contributed by atoms with E-state index in [-0.39, 0.29) is 0 Å². The number of hydrogen-bond acceptors (Lipinski definition) is 4. The number of aromatic nitrogens is 3. The van der Waals surface area contributed by atoms with Crippen molar-refractivity contribution < 1.29 is 8.83 Å². The number of rotatable bonds is 4. The molecule has 0 atom stereocenters. The number of benzene rings is 8. The van der Waals surface area contributed by atoms with Gasteiger partial charge in [-0.2, -0.15) is 0 Å². The van der Waals surface area contributed by atoms with E-state index in [4.69, 9.17) is 18.8 Å². The van der Waals surface area contributed by atoms with Gasteiger partial charge in [0.05, 0.1) is 11.0 Å². The Morgan fingerprint density at radius 2 is 1.07 bits per heavy atom. The molecule has 0 aliphatic heterocycles. The van der Waals surface area contributed by atoms with Gasteiger partial charge in [-0.05, 0) is 70.4 Å². The SMILES string of the molecule is c1ccc(-c2ccc3oc4c(-c5cc(-n6c7ccccc7c7cc8ccccc8cc76)cc6c5oc5ccccc56)nc(-c5ccccc5)nc4c3c2)cc1. The number of furan rings is 2. The van der Waals surface area contributed by atoms with Gasteiger partial charge in [0.2, 0.25) is 0 Å². The average molecular weight is 704 g/mol. The summed E-state index contributed by atoms with van der Waals surface area (Å²) in [6.45, 7) is 0. The van der Waals surface area contributed by atoms with Crippen molar-refractivity contribution >= 4 is 76.6 Å². The van der Waals surface area contributed by atoms with Crippen LogP contribution in [0.3, 0.4) is 0 Å². The molecule has 12 rings (SSSR count). The molecular formula is C50H29N3O2. The maximum absolute atomic E-state index is 6.79. The molecule has 256 valence electrons. The van der Waals surface area contributed by atoms with Crippen molar-refractivity contribution in [1.82, 2.24) is 14.5 Å². The van der Waals surface area contributed by atoms with E-state index >= 15 is 0 Å². The molecule has 4 heterocycles. The van der Waals surface area contributed by atoms with Crippen LogP contribution in [0.5, 0.6) is 0 Å². The van der Waals surface area contributed by atoms with E-state index < -0.39 is 0 Å². The van der Waals surface area contributed by atoms with E-state index in [2.05, 4.69) is 138 Å². The summed E-state index contributed by atoms with van der Waals surface area (Å²) in [5.74, 6) is 0.619. The van der Waals surface area contributed by atoms with E-state index in [1.807, 2.05) is 42.5 Å². The van der Waals surface area contributed by atoms with Crippen molar-refractivity contribution in [2.24, 2.45) is 0 Å². The van der Waals surface area contributed by atoms with Crippen LogP contribution >= 0.6 is 0 Å². The van der Waals surface area contributed by atoms with Crippen LogP contribution in [0.25, 0.3) is 116 Å². The lowest BCUT2D eigenvalue weighted by Gasteiger charge is -2.12. The average Bonchev–Trinajstić information content (AvgIpc) is 3.92. The molecule has 12 aromatic rings. The van der Waals surface area contributed by atoms with Crippen molar-refractivity contribution in [3.05, 3.63) is 176 Å². The highest BCUT2D eigenvalue weighted by molar-refractivity contribution is 6.17. The Morgan fingerprint density at radius 3 is 1.91 bits per heavy atom. The quantitative estimate of drug-likeness (QED) is 0.183. The number of para-hydroxylation sites is 2. The molecule has 0 aliphatic rings. The van der Waals surface area contributed by atoms with Crippen LogP contribution in [0.1, 0.15) is 0 Å². The number of nitrogens with zero attached hydrogens (tertiary/aromatic N) is 3. The fourth-order valence-corrected chi connectivity index (χ4v) is 8.40. The van der Waals surface area contributed by atoms with Gasteiger partial charge in [-0.15, -0.1) is 0 Å². The Hall–Kier alpha value is -7.50. The molecule has 0 N–H and O–H groups in total. The van der Waals surface area contributed by atoms with E-state index in [1.54, 1.807) is 0 Å². The molecule has 5 nitrogen and oxygen atoms in total. The fourth-order valence-electron chi connectivity index (χ4n) is 8.40. The summed E-state index contributed by atoms with van der Waals surface area (Å²) in [6.07, 6.45) is 0. The van der Waals surface area contributed by atoms with Crippen molar-refractivity contribution in [3.8, 4) is 39.5 Å². The second-order valence-electron chi connectivity index (χ2n) is 14.2. The molecule has 0 bridgehead atoms. The van der Waals surface area contributed by atoms with Crippen LogP contribution in [0.2, 0.25) is 0 Å². The number of hydrogen-bond donors (Lipinski definition) is 0. The molecule has 0 unspecified atom stereocenters. The van der Waals surface area contributed by atoms with Gasteiger partial charge in [0.25, 0.3) is 0 Å². The molecule has 8 aromatic carbocycles. The van der Waals surface area contributed by atoms with Crippen molar-refractivity contribution in [1.29, 1.82) is 0 Å². The summed E-state index contributed by atoms with van der Waals surface area (Å²) in [4.78, 5) is 10.6. The maximum atomic E-state index is 6.79. The lowest BCUT2D eigenvalue weighted by Crippen LogP contribution is -1.98. The highest BCUT2D eigenvalue weighted by atomic mass is 16.3. The molecule has 55 heavy (non-hydrogen) atoms. The third-order valence-electron chi connectivity index (χ3n) is 11.0. The molecule has 4 aromatic heterocycles. The summed E-state index contributed by atoms with van der Waals surface area (Å²) in [6, 6.07) is 61.5. The smallest absolute Gasteiger partial charge is 0.180 e. The van der Waals surface area contributed by atoms with E-state index in [0.717, 1.165) is 77.4 Å². The Balaban J connectivity index is 1.21. The summed E-state index contributed by atoms with van der Waals surface area (Å²) in [7, 11) is 0. The Bertz CT molecular complexity index is 3480. The maximum Gasteiger partial charge on any atom is 0.180 e. The molecule has 5 heteroatoms.